The van der Waals surface area contributed by atoms with Gasteiger partial charge in [-0.2, -0.15) is 41.6 Å². The monoisotopic (exact) mass is 836 g/mol. The van der Waals surface area contributed by atoms with Gasteiger partial charge in [-0.25, -0.2) is 8.78 Å². The molecule has 3 aromatic heterocycles. The zero-order chi connectivity index (χ0) is 40.6. The number of likely N-dealkylation sites (tertiary alicyclic amines) is 1. The number of likely N-dealkylation sites (N-methyl/N-ethyl adjacent to an activating group) is 1. The number of ether oxygens (including phenoxy) is 1. The molecule has 0 saturated carbocycles. The predicted octanol–water partition coefficient (Wildman–Crippen LogP) is 8.29. The van der Waals surface area contributed by atoms with Crippen LogP contribution >= 0.6 is 22.7 Å². The van der Waals surface area contributed by atoms with E-state index in [0.29, 0.717) is 41.7 Å². The lowest BCUT2D eigenvalue weighted by molar-refractivity contribution is -0.141. The highest BCUT2D eigenvalue weighted by molar-refractivity contribution is 7.23. The number of nitrogens with zero attached hydrogens (tertiary/aromatic N) is 7. The van der Waals surface area contributed by atoms with Crippen molar-refractivity contribution in [3.8, 4) is 23.2 Å². The summed E-state index contributed by atoms with van der Waals surface area (Å²) < 4.78 is 129. The number of hydrogen-bond donors (Lipinski definition) is 1. The first-order valence-electron chi connectivity index (χ1n) is 17.9. The summed E-state index contributed by atoms with van der Waals surface area (Å²) in [5.74, 6) is -1.61. The average Bonchev–Trinajstić information content (AvgIpc) is 3.99. The third kappa shape index (κ3) is 6.66. The molecule has 0 radical (unpaired) electrons. The lowest BCUT2D eigenvalue weighted by atomic mass is 9.88. The molecule has 3 aliphatic rings. The van der Waals surface area contributed by atoms with Crippen molar-refractivity contribution in [1.29, 1.82) is 5.26 Å². The number of alkyl halides is 7. The normalized spacial score (nSPS) is 21.4. The van der Waals surface area contributed by atoms with E-state index in [2.05, 4.69) is 15.0 Å². The van der Waals surface area contributed by atoms with Crippen LogP contribution in [0.3, 0.4) is 0 Å². The topological polar surface area (TPSA) is 125 Å². The largest absolute Gasteiger partial charge is 0.461 e. The van der Waals surface area contributed by atoms with Gasteiger partial charge in [0.2, 0.25) is 0 Å². The second kappa shape index (κ2) is 14.2. The molecule has 8 rings (SSSR count). The molecule has 0 bridgehead atoms. The van der Waals surface area contributed by atoms with E-state index in [4.69, 9.17) is 10.5 Å². The van der Waals surface area contributed by atoms with Gasteiger partial charge in [0.15, 0.2) is 0 Å². The number of halogens is 8. The maximum absolute atomic E-state index is 15.7. The Morgan fingerprint density at radius 2 is 1.95 bits per heavy atom. The van der Waals surface area contributed by atoms with Gasteiger partial charge in [-0.05, 0) is 50.4 Å². The number of anilines is 2. The van der Waals surface area contributed by atoms with Crippen LogP contribution in [-0.2, 0) is 12.4 Å². The van der Waals surface area contributed by atoms with Gasteiger partial charge in [0, 0.05) is 55.0 Å². The Labute approximate surface area is 327 Å². The van der Waals surface area contributed by atoms with Gasteiger partial charge in [0.25, 0.3) is 5.91 Å². The van der Waals surface area contributed by atoms with Gasteiger partial charge < -0.3 is 20.3 Å². The summed E-state index contributed by atoms with van der Waals surface area (Å²) in [5.41, 5.74) is -0.394. The molecule has 3 saturated heterocycles. The number of aromatic nitrogens is 3. The van der Waals surface area contributed by atoms with E-state index in [0.717, 1.165) is 29.9 Å². The molecule has 0 spiro atoms. The highest BCUT2D eigenvalue weighted by Gasteiger charge is 2.50. The fourth-order valence-corrected chi connectivity index (χ4v) is 10.2. The molecule has 57 heavy (non-hydrogen) atoms. The number of fused-ring (bicyclic) bond motifs is 3. The molecule has 3 fully saturated rings. The molecule has 300 valence electrons. The van der Waals surface area contributed by atoms with E-state index in [9.17, 15) is 14.4 Å². The molecule has 10 nitrogen and oxygen atoms in total. The molecule has 6 heterocycles. The van der Waals surface area contributed by atoms with E-state index in [1.54, 1.807) is 13.0 Å². The van der Waals surface area contributed by atoms with Crippen LogP contribution in [0.1, 0.15) is 59.0 Å². The van der Waals surface area contributed by atoms with E-state index in [-0.39, 0.29) is 55.9 Å². The summed E-state index contributed by atoms with van der Waals surface area (Å²) in [4.78, 5) is 31.2. The molecule has 3 aliphatic heterocycles. The maximum atomic E-state index is 15.7. The fraction of sp³-hybridized carbons (Fsp3) is 0.432. The van der Waals surface area contributed by atoms with Crippen LogP contribution in [0.4, 0.5) is 45.9 Å². The van der Waals surface area contributed by atoms with Crippen molar-refractivity contribution in [2.45, 2.75) is 62.7 Å². The van der Waals surface area contributed by atoms with Crippen molar-refractivity contribution in [2.24, 2.45) is 0 Å². The van der Waals surface area contributed by atoms with E-state index in [1.165, 1.54) is 21.5 Å². The Kier molecular flexibility index (Phi) is 9.71. The number of thiazole rings is 1. The molecule has 20 heteroatoms. The number of amides is 1. The third-order valence-electron chi connectivity index (χ3n) is 11.1. The summed E-state index contributed by atoms with van der Waals surface area (Å²) in [6.45, 7) is 2.55. The molecule has 1 amide bonds. The van der Waals surface area contributed by atoms with Gasteiger partial charge in [0.05, 0.1) is 44.2 Å². The van der Waals surface area contributed by atoms with Gasteiger partial charge in [-0.1, -0.05) is 6.07 Å². The Hall–Kier alpha value is -4.87. The minimum atomic E-state index is -5.52. The van der Waals surface area contributed by atoms with Gasteiger partial charge >= 0.3 is 18.4 Å². The maximum Gasteiger partial charge on any atom is 0.419 e. The average molecular weight is 837 g/mol. The van der Waals surface area contributed by atoms with Crippen molar-refractivity contribution < 1.29 is 44.7 Å². The smallest absolute Gasteiger partial charge is 0.419 e. The zero-order valence-corrected chi connectivity index (χ0v) is 31.6. The molecular formula is C37H32F8N8O2S2. The summed E-state index contributed by atoms with van der Waals surface area (Å²) >= 11 is 1.66. The minimum absolute atomic E-state index is 0.0444. The van der Waals surface area contributed by atoms with Crippen LogP contribution in [0.15, 0.2) is 29.9 Å². The second-order valence-corrected chi connectivity index (χ2v) is 16.3. The summed E-state index contributed by atoms with van der Waals surface area (Å²) in [6.07, 6.45) is -9.02. The molecule has 3 atom stereocenters. The van der Waals surface area contributed by atoms with Gasteiger partial charge in [-0.15, -0.1) is 22.7 Å². The van der Waals surface area contributed by atoms with Crippen molar-refractivity contribution in [3.63, 3.8) is 0 Å². The number of hydrogen-bond acceptors (Lipinski definition) is 11. The highest BCUT2D eigenvalue weighted by Crippen LogP contribution is 2.52. The highest BCUT2D eigenvalue weighted by atomic mass is 32.1. The number of nitrogen functional groups attached to an aromatic ring is 1. The first-order valence-corrected chi connectivity index (χ1v) is 19.6. The van der Waals surface area contributed by atoms with Crippen molar-refractivity contribution in [3.05, 3.63) is 57.3 Å². The first kappa shape index (κ1) is 39.0. The Balaban J connectivity index is 1.37. The Bertz CT molecular complexity index is 2430. The molecule has 0 aliphatic carbocycles. The fourth-order valence-electron chi connectivity index (χ4n) is 8.69. The van der Waals surface area contributed by atoms with Crippen LogP contribution in [-0.4, -0.2) is 87.7 Å². The van der Waals surface area contributed by atoms with Crippen LogP contribution in [0.2, 0.25) is 0 Å². The number of nitriles is 1. The standard InChI is InChI=1S/C37H32F8N8O2S2/c1-2-53(19-6-9-51(15-19)33(54)25-13-48-17-56-25)32-21-10-23(36(40,41)42)27(20-4-5-24(39)30-26(20)22(12-46)31(47)57-30)28(37(43,44)45)29(21)49-34(50-32)55-16-35-7-3-8-52(35)14-18(38)11-35/h4-5,10,13,17-19H,2-3,6-9,11,14-16,47H2,1H3/t18-,19+,35+/m1/s1. The lowest BCUT2D eigenvalue weighted by Gasteiger charge is -2.32. The van der Waals surface area contributed by atoms with E-state index in [1.807, 2.05) is 4.90 Å². The minimum Gasteiger partial charge on any atom is -0.461 e. The van der Waals surface area contributed by atoms with Crippen molar-refractivity contribution in [2.75, 3.05) is 50.0 Å². The molecule has 2 N–H and O–H groups in total. The number of rotatable bonds is 8. The van der Waals surface area contributed by atoms with Crippen molar-refractivity contribution >= 4 is 60.4 Å². The van der Waals surface area contributed by atoms with Crippen LogP contribution < -0.4 is 15.4 Å². The number of thiophene rings is 1. The Morgan fingerprint density at radius 1 is 1.16 bits per heavy atom. The van der Waals surface area contributed by atoms with Crippen LogP contribution in [0.5, 0.6) is 6.01 Å². The molecular weight excluding hydrogens is 805 g/mol. The van der Waals surface area contributed by atoms with E-state index < -0.39 is 90.7 Å². The third-order valence-corrected chi connectivity index (χ3v) is 12.9. The summed E-state index contributed by atoms with van der Waals surface area (Å²) in [7, 11) is 0. The predicted molar refractivity (Wildman–Crippen MR) is 197 cm³/mol. The number of nitrogens with two attached hydrogens (primary N) is 1. The van der Waals surface area contributed by atoms with Crippen molar-refractivity contribution in [1.82, 2.24) is 24.8 Å². The second-order valence-electron chi connectivity index (χ2n) is 14.4. The van der Waals surface area contributed by atoms with E-state index >= 15 is 30.7 Å². The zero-order valence-electron chi connectivity index (χ0n) is 30.0. The lowest BCUT2D eigenvalue weighted by Crippen LogP contribution is -2.43. The van der Waals surface area contributed by atoms with Crippen LogP contribution in [0.25, 0.3) is 32.1 Å². The van der Waals surface area contributed by atoms with Gasteiger partial charge in [-0.3, -0.25) is 14.7 Å². The van der Waals surface area contributed by atoms with Gasteiger partial charge in [0.1, 0.15) is 40.4 Å². The molecule has 0 unspecified atom stereocenters. The molecule has 5 aromatic rings. The quantitative estimate of drug-likeness (QED) is 0.154. The summed E-state index contributed by atoms with van der Waals surface area (Å²) in [5, 5.41) is 8.52. The summed E-state index contributed by atoms with van der Waals surface area (Å²) in [6, 6.07) is 2.56. The SMILES string of the molecule is CCN(c1nc(OC[C@@]23CCCN2C[C@H](F)C3)nc2c(C(F)(F)F)c(-c3ccc(F)c4sc(N)c(C#N)c34)c(C(F)(F)F)cc12)[C@H]1CCN(C(=O)c2cncs2)C1. The number of carbonyl (C=O) groups excluding carboxylic acids is 1. The first-order chi connectivity index (χ1) is 27.0. The van der Waals surface area contributed by atoms with Crippen LogP contribution in [0, 0.1) is 17.1 Å². The molecule has 2 aromatic carbocycles. The Morgan fingerprint density at radius 3 is 2.63 bits per heavy atom. The number of carbonyl (C=O) groups is 1. The number of benzene rings is 2.